The van der Waals surface area contributed by atoms with Gasteiger partial charge in [0.15, 0.2) is 0 Å². The maximum Gasteiger partial charge on any atom is 0.225 e. The van der Waals surface area contributed by atoms with Gasteiger partial charge in [-0.25, -0.2) is 4.98 Å². The lowest BCUT2D eigenvalue weighted by Gasteiger charge is -2.10. The van der Waals surface area contributed by atoms with E-state index in [1.807, 2.05) is 71.4 Å². The predicted octanol–water partition coefficient (Wildman–Crippen LogP) is 5.50. The van der Waals surface area contributed by atoms with Crippen molar-refractivity contribution < 1.29 is 13.9 Å². The molecule has 156 valence electrons. The van der Waals surface area contributed by atoms with Crippen LogP contribution in [0.15, 0.2) is 71.4 Å². The Bertz CT molecular complexity index is 1360. The van der Waals surface area contributed by atoms with Gasteiger partial charge in [0, 0.05) is 47.2 Å². The molecule has 0 saturated heterocycles. The van der Waals surface area contributed by atoms with E-state index >= 15 is 0 Å². The molecule has 1 N–H and O–H groups in total. The van der Waals surface area contributed by atoms with Crippen molar-refractivity contribution in [2.24, 2.45) is 0 Å². The number of furan rings is 1. The van der Waals surface area contributed by atoms with E-state index < -0.39 is 0 Å². The summed E-state index contributed by atoms with van der Waals surface area (Å²) >= 11 is 1.69. The first-order valence-corrected chi connectivity index (χ1v) is 11.2. The molecule has 3 heterocycles. The number of nitrogens with one attached hydrogen (secondary N) is 1. The summed E-state index contributed by atoms with van der Waals surface area (Å²) in [5, 5.41) is 4.95. The van der Waals surface area contributed by atoms with Crippen LogP contribution in [0.3, 0.4) is 0 Å². The van der Waals surface area contributed by atoms with Gasteiger partial charge in [0.05, 0.1) is 18.5 Å². The van der Waals surface area contributed by atoms with Gasteiger partial charge in [-0.1, -0.05) is 24.3 Å². The molecule has 0 radical (unpaired) electrons. The second-order valence-electron chi connectivity index (χ2n) is 7.20. The molecule has 5 rings (SSSR count). The summed E-state index contributed by atoms with van der Waals surface area (Å²) < 4.78 is 13.4. The Labute approximate surface area is 183 Å². The molecule has 2 aromatic carbocycles. The Hall–Kier alpha value is -3.45. The smallest absolute Gasteiger partial charge is 0.225 e. The maximum atomic E-state index is 12.5. The fourth-order valence-electron chi connectivity index (χ4n) is 3.63. The summed E-state index contributed by atoms with van der Waals surface area (Å²) in [7, 11) is 1.60. The Kier molecular flexibility index (Phi) is 5.26. The Balaban J connectivity index is 1.22. The molecule has 0 saturated carbocycles. The summed E-state index contributed by atoms with van der Waals surface area (Å²) in [5.41, 5.74) is 4.09. The van der Waals surface area contributed by atoms with Crippen LogP contribution in [-0.2, 0) is 10.5 Å². The third-order valence-corrected chi connectivity index (χ3v) is 6.10. The van der Waals surface area contributed by atoms with Crippen molar-refractivity contribution in [3.63, 3.8) is 0 Å². The zero-order valence-electron chi connectivity index (χ0n) is 17.0. The molecule has 0 atom stereocenters. The lowest BCUT2D eigenvalue weighted by atomic mass is 10.1. The Morgan fingerprint density at radius 3 is 2.87 bits per heavy atom. The molecule has 6 nitrogen and oxygen atoms in total. The summed E-state index contributed by atoms with van der Waals surface area (Å²) in [6, 6.07) is 17.5. The highest BCUT2D eigenvalue weighted by Gasteiger charge is 2.14. The largest absolute Gasteiger partial charge is 0.495 e. The number of para-hydroxylation sites is 1. The van der Waals surface area contributed by atoms with E-state index in [4.69, 9.17) is 9.15 Å². The molecule has 7 heteroatoms. The van der Waals surface area contributed by atoms with Crippen molar-refractivity contribution in [1.29, 1.82) is 0 Å². The molecule has 1 amide bonds. The van der Waals surface area contributed by atoms with Crippen LogP contribution in [0.1, 0.15) is 12.1 Å². The number of fused-ring (bicyclic) bond motifs is 4. The lowest BCUT2D eigenvalue weighted by Crippen LogP contribution is -2.13. The third kappa shape index (κ3) is 3.96. The van der Waals surface area contributed by atoms with Crippen LogP contribution < -0.4 is 10.1 Å². The van der Waals surface area contributed by atoms with Gasteiger partial charge in [0.1, 0.15) is 22.6 Å². The van der Waals surface area contributed by atoms with E-state index in [1.54, 1.807) is 18.9 Å². The molecule has 0 fully saturated rings. The zero-order chi connectivity index (χ0) is 21.2. The van der Waals surface area contributed by atoms with Crippen LogP contribution in [-0.4, -0.2) is 28.2 Å². The number of nitrogens with zero attached hydrogens (tertiary/aromatic N) is 2. The van der Waals surface area contributed by atoms with Crippen molar-refractivity contribution in [3.05, 3.63) is 72.7 Å². The average Bonchev–Trinajstić information content (AvgIpc) is 3.36. The highest BCUT2D eigenvalue weighted by atomic mass is 32.2. The number of carbonyl (C=O) groups is 1. The summed E-state index contributed by atoms with van der Waals surface area (Å²) in [5.74, 6) is 2.03. The van der Waals surface area contributed by atoms with Gasteiger partial charge in [-0.15, -0.1) is 0 Å². The molecular formula is C24H21N3O3S. The Morgan fingerprint density at radius 1 is 1.13 bits per heavy atom. The topological polar surface area (TPSA) is 68.8 Å². The van der Waals surface area contributed by atoms with Crippen molar-refractivity contribution in [2.75, 3.05) is 18.2 Å². The summed E-state index contributed by atoms with van der Waals surface area (Å²) in [4.78, 5) is 17.1. The third-order valence-electron chi connectivity index (χ3n) is 5.11. The van der Waals surface area contributed by atoms with Crippen molar-refractivity contribution >= 4 is 50.9 Å². The number of methoxy groups -OCH3 is 1. The minimum atomic E-state index is -0.0590. The minimum absolute atomic E-state index is 0.0590. The second kappa shape index (κ2) is 8.35. The Morgan fingerprint density at radius 2 is 2.00 bits per heavy atom. The maximum absolute atomic E-state index is 12.5. The highest BCUT2D eigenvalue weighted by molar-refractivity contribution is 7.98. The summed E-state index contributed by atoms with van der Waals surface area (Å²) in [6.45, 7) is 0. The van der Waals surface area contributed by atoms with Gasteiger partial charge in [-0.2, -0.15) is 11.8 Å². The van der Waals surface area contributed by atoms with Crippen molar-refractivity contribution in [3.8, 4) is 5.75 Å². The van der Waals surface area contributed by atoms with Crippen LogP contribution in [0.25, 0.3) is 27.6 Å². The fourth-order valence-corrected chi connectivity index (χ4v) is 4.45. The van der Waals surface area contributed by atoms with E-state index in [0.29, 0.717) is 23.6 Å². The number of carbonyl (C=O) groups excluding carboxylic acids is 1. The quantitative estimate of drug-likeness (QED) is 0.344. The molecule has 0 unspecified atom stereocenters. The number of hydrogen-bond donors (Lipinski definition) is 1. The standard InChI is InChI=1S/C24H21N3O3S/c1-29-22-12-18-17-6-2-3-7-20(17)30-21(18)13-19(22)26-24(28)9-11-31-15-16-14-27-10-5-4-8-23(27)25-16/h2-8,10,12-14H,9,11,15H2,1H3,(H,26,28). The molecule has 0 bridgehead atoms. The molecule has 0 aliphatic rings. The van der Waals surface area contributed by atoms with E-state index in [0.717, 1.165) is 39.0 Å². The van der Waals surface area contributed by atoms with Gasteiger partial charge >= 0.3 is 0 Å². The van der Waals surface area contributed by atoms with E-state index in [-0.39, 0.29) is 5.91 Å². The van der Waals surface area contributed by atoms with Crippen LogP contribution in [0.2, 0.25) is 0 Å². The number of benzene rings is 2. The number of anilines is 1. The molecule has 0 aliphatic heterocycles. The first kappa shape index (κ1) is 19.5. The van der Waals surface area contributed by atoms with Crippen molar-refractivity contribution in [2.45, 2.75) is 12.2 Å². The summed E-state index contributed by atoms with van der Waals surface area (Å²) in [6.07, 6.45) is 4.41. The molecular weight excluding hydrogens is 410 g/mol. The number of aromatic nitrogens is 2. The van der Waals surface area contributed by atoms with E-state index in [2.05, 4.69) is 10.3 Å². The van der Waals surface area contributed by atoms with Gasteiger partial charge in [-0.3, -0.25) is 4.79 Å². The van der Waals surface area contributed by atoms with Gasteiger partial charge in [0.25, 0.3) is 0 Å². The van der Waals surface area contributed by atoms with Crippen molar-refractivity contribution in [1.82, 2.24) is 9.38 Å². The SMILES string of the molecule is COc1cc2c(cc1NC(=O)CCSCc1cn3ccccc3n1)oc1ccccc12. The van der Waals surface area contributed by atoms with Gasteiger partial charge < -0.3 is 18.9 Å². The second-order valence-corrected chi connectivity index (χ2v) is 8.30. The van der Waals surface area contributed by atoms with Crippen LogP contribution in [0.4, 0.5) is 5.69 Å². The normalized spacial score (nSPS) is 11.4. The number of pyridine rings is 1. The fraction of sp³-hybridized carbons (Fsp3) is 0.167. The first-order chi connectivity index (χ1) is 15.2. The molecule has 5 aromatic rings. The lowest BCUT2D eigenvalue weighted by molar-refractivity contribution is -0.115. The molecule has 31 heavy (non-hydrogen) atoms. The number of ether oxygens (including phenoxy) is 1. The number of thioether (sulfide) groups is 1. The highest BCUT2D eigenvalue weighted by Crippen LogP contribution is 2.36. The number of rotatable bonds is 7. The number of hydrogen-bond acceptors (Lipinski definition) is 5. The van der Waals surface area contributed by atoms with Crippen LogP contribution in [0.5, 0.6) is 5.75 Å². The molecule has 0 aliphatic carbocycles. The number of imidazole rings is 1. The minimum Gasteiger partial charge on any atom is -0.495 e. The van der Waals surface area contributed by atoms with Gasteiger partial charge in [-0.05, 0) is 24.3 Å². The first-order valence-electron chi connectivity index (χ1n) is 10.0. The van der Waals surface area contributed by atoms with Gasteiger partial charge in [0.2, 0.25) is 5.91 Å². The molecule has 3 aromatic heterocycles. The number of amides is 1. The van der Waals surface area contributed by atoms with Crippen LogP contribution in [0, 0.1) is 0 Å². The average molecular weight is 432 g/mol. The van der Waals surface area contributed by atoms with E-state index in [1.165, 1.54) is 0 Å². The van der Waals surface area contributed by atoms with Crippen LogP contribution >= 0.6 is 11.8 Å². The van der Waals surface area contributed by atoms with E-state index in [9.17, 15) is 4.79 Å². The molecule has 0 spiro atoms. The monoisotopic (exact) mass is 431 g/mol. The zero-order valence-corrected chi connectivity index (χ0v) is 17.8. The predicted molar refractivity (Wildman–Crippen MR) is 125 cm³/mol.